The van der Waals surface area contributed by atoms with E-state index in [1.54, 1.807) is 42.5 Å². The number of nitrogens with two attached hydrogens (primary N) is 1. The van der Waals surface area contributed by atoms with Gasteiger partial charge in [-0.05, 0) is 18.2 Å². The molecule has 2 aromatic rings. The smallest absolute Gasteiger partial charge is 0.340 e. The second kappa shape index (κ2) is 5.31. The minimum absolute atomic E-state index is 0.111. The highest BCUT2D eigenvalue weighted by Crippen LogP contribution is 2.14. The summed E-state index contributed by atoms with van der Waals surface area (Å²) >= 11 is 0. The fourth-order valence-corrected chi connectivity index (χ4v) is 1.52. The van der Waals surface area contributed by atoms with Crippen LogP contribution in [0.3, 0.4) is 0 Å². The van der Waals surface area contributed by atoms with E-state index in [4.69, 9.17) is 10.5 Å². The predicted octanol–water partition coefficient (Wildman–Crippen LogP) is 2.76. The summed E-state index contributed by atoms with van der Waals surface area (Å²) in [5.74, 6) is -0.956. The molecule has 0 radical (unpaired) electrons. The molecule has 0 heterocycles. The summed E-state index contributed by atoms with van der Waals surface area (Å²) in [5, 5.41) is 0. The van der Waals surface area contributed by atoms with E-state index in [0.717, 1.165) is 0 Å². The number of hydrogen-bond donors (Lipinski definition) is 1. The summed E-state index contributed by atoms with van der Waals surface area (Å²) < 4.78 is 18.3. The predicted molar refractivity (Wildman–Crippen MR) is 66.4 cm³/mol. The molecule has 0 aliphatic rings. The Hall–Kier alpha value is -2.36. The van der Waals surface area contributed by atoms with E-state index >= 15 is 0 Å². The Bertz CT molecular complexity index is 569. The number of anilines is 1. The zero-order valence-electron chi connectivity index (χ0n) is 9.60. The van der Waals surface area contributed by atoms with E-state index < -0.39 is 11.8 Å². The first-order valence-electron chi connectivity index (χ1n) is 5.43. The summed E-state index contributed by atoms with van der Waals surface area (Å²) in [6.45, 7) is -0.111. The largest absolute Gasteiger partial charge is 0.457 e. The van der Waals surface area contributed by atoms with E-state index in [9.17, 15) is 9.18 Å². The van der Waals surface area contributed by atoms with E-state index in [-0.39, 0.29) is 12.2 Å². The second-order valence-electron chi connectivity index (χ2n) is 3.75. The Morgan fingerprint density at radius 3 is 2.50 bits per heavy atom. The summed E-state index contributed by atoms with van der Waals surface area (Å²) in [6.07, 6.45) is 0. The van der Waals surface area contributed by atoms with Crippen molar-refractivity contribution >= 4 is 11.7 Å². The van der Waals surface area contributed by atoms with Crippen LogP contribution in [0.25, 0.3) is 0 Å². The van der Waals surface area contributed by atoms with E-state index in [2.05, 4.69) is 0 Å². The highest BCUT2D eigenvalue weighted by atomic mass is 19.1. The van der Waals surface area contributed by atoms with E-state index in [1.807, 2.05) is 0 Å². The number of hydrogen-bond acceptors (Lipinski definition) is 3. The highest BCUT2D eigenvalue weighted by molar-refractivity contribution is 5.94. The molecule has 0 saturated carbocycles. The Kier molecular flexibility index (Phi) is 3.57. The number of rotatable bonds is 3. The van der Waals surface area contributed by atoms with Gasteiger partial charge in [-0.1, -0.05) is 30.3 Å². The molecule has 2 rings (SSSR count). The van der Waals surface area contributed by atoms with Crippen LogP contribution in [-0.4, -0.2) is 5.97 Å². The van der Waals surface area contributed by atoms with Crippen molar-refractivity contribution in [2.24, 2.45) is 0 Å². The van der Waals surface area contributed by atoms with Crippen LogP contribution >= 0.6 is 0 Å². The molecule has 3 nitrogen and oxygen atoms in total. The first-order valence-corrected chi connectivity index (χ1v) is 5.43. The lowest BCUT2D eigenvalue weighted by molar-refractivity contribution is 0.0470. The maximum Gasteiger partial charge on any atom is 0.340 e. The van der Waals surface area contributed by atoms with Gasteiger partial charge in [0.2, 0.25) is 0 Å². The van der Waals surface area contributed by atoms with Crippen molar-refractivity contribution in [2.75, 3.05) is 5.73 Å². The third-order valence-electron chi connectivity index (χ3n) is 2.50. The van der Waals surface area contributed by atoms with Crippen molar-refractivity contribution in [3.8, 4) is 0 Å². The molecule has 0 unspecified atom stereocenters. The number of para-hydroxylation sites is 1. The molecule has 0 bridgehead atoms. The van der Waals surface area contributed by atoms with Gasteiger partial charge >= 0.3 is 5.97 Å². The third-order valence-corrected chi connectivity index (χ3v) is 2.50. The molecule has 4 heteroatoms. The first-order chi connectivity index (χ1) is 8.68. The zero-order chi connectivity index (χ0) is 13.0. The Balaban J connectivity index is 2.06. The van der Waals surface area contributed by atoms with Crippen molar-refractivity contribution in [2.45, 2.75) is 6.61 Å². The lowest BCUT2D eigenvalue weighted by atomic mass is 10.2. The van der Waals surface area contributed by atoms with Crippen LogP contribution in [0.1, 0.15) is 15.9 Å². The van der Waals surface area contributed by atoms with Crippen LogP contribution in [0, 0.1) is 5.82 Å². The van der Waals surface area contributed by atoms with Gasteiger partial charge in [0.25, 0.3) is 0 Å². The summed E-state index contributed by atoms with van der Waals surface area (Å²) in [4.78, 5) is 11.7. The quantitative estimate of drug-likeness (QED) is 0.668. The molecule has 92 valence electrons. The SMILES string of the molecule is Nc1ccccc1C(=O)OCc1ccccc1F. The minimum Gasteiger partial charge on any atom is -0.457 e. The molecule has 0 aliphatic carbocycles. The molecule has 0 atom stereocenters. The van der Waals surface area contributed by atoms with Crippen LogP contribution < -0.4 is 5.73 Å². The minimum atomic E-state index is -0.559. The van der Waals surface area contributed by atoms with Crippen LogP contribution in [0.2, 0.25) is 0 Å². The third kappa shape index (κ3) is 2.66. The van der Waals surface area contributed by atoms with Gasteiger partial charge in [0.15, 0.2) is 0 Å². The monoisotopic (exact) mass is 245 g/mol. The molecule has 18 heavy (non-hydrogen) atoms. The maximum atomic E-state index is 13.3. The van der Waals surface area contributed by atoms with Gasteiger partial charge < -0.3 is 10.5 Å². The molecule has 0 amide bonds. The Labute approximate surface area is 104 Å². The number of esters is 1. The molecule has 2 N–H and O–H groups in total. The molecule has 0 spiro atoms. The maximum absolute atomic E-state index is 13.3. The number of nitrogen functional groups attached to an aromatic ring is 1. The molecule has 0 aromatic heterocycles. The number of carbonyl (C=O) groups excluding carboxylic acids is 1. The fourth-order valence-electron chi connectivity index (χ4n) is 1.52. The standard InChI is InChI=1S/C14H12FNO2/c15-12-7-3-1-5-10(12)9-18-14(17)11-6-2-4-8-13(11)16/h1-8H,9,16H2. The second-order valence-corrected chi connectivity index (χ2v) is 3.75. The topological polar surface area (TPSA) is 52.3 Å². The average molecular weight is 245 g/mol. The number of benzene rings is 2. The molecular formula is C14H12FNO2. The average Bonchev–Trinajstić information content (AvgIpc) is 2.38. The molecule has 0 saturated heterocycles. The lowest BCUT2D eigenvalue weighted by Gasteiger charge is -2.07. The molecule has 0 aliphatic heterocycles. The van der Waals surface area contributed by atoms with Gasteiger partial charge in [-0.15, -0.1) is 0 Å². The van der Waals surface area contributed by atoms with E-state index in [0.29, 0.717) is 11.3 Å². The number of halogens is 1. The molecular weight excluding hydrogens is 233 g/mol. The van der Waals surface area contributed by atoms with Crippen molar-refractivity contribution in [3.63, 3.8) is 0 Å². The van der Waals surface area contributed by atoms with Gasteiger partial charge in [0, 0.05) is 11.3 Å². The molecule has 0 fully saturated rings. The summed E-state index contributed by atoms with van der Waals surface area (Å²) in [6, 6.07) is 12.7. The van der Waals surface area contributed by atoms with E-state index in [1.165, 1.54) is 6.07 Å². The number of carbonyl (C=O) groups is 1. The van der Waals surface area contributed by atoms with Gasteiger partial charge in [-0.25, -0.2) is 9.18 Å². The summed E-state index contributed by atoms with van der Waals surface area (Å²) in [7, 11) is 0. The van der Waals surface area contributed by atoms with Crippen LogP contribution in [-0.2, 0) is 11.3 Å². The fraction of sp³-hybridized carbons (Fsp3) is 0.0714. The summed E-state index contributed by atoms with van der Waals surface area (Å²) in [5.41, 5.74) is 6.61. The van der Waals surface area contributed by atoms with Gasteiger partial charge in [0.05, 0.1) is 5.56 Å². The van der Waals surface area contributed by atoms with Crippen molar-refractivity contribution in [1.82, 2.24) is 0 Å². The highest BCUT2D eigenvalue weighted by Gasteiger charge is 2.11. The number of ether oxygens (including phenoxy) is 1. The molecule has 2 aromatic carbocycles. The lowest BCUT2D eigenvalue weighted by Crippen LogP contribution is -2.08. The van der Waals surface area contributed by atoms with Crippen molar-refractivity contribution in [3.05, 3.63) is 65.5 Å². The first kappa shape index (κ1) is 12.1. The van der Waals surface area contributed by atoms with Crippen LogP contribution in [0.4, 0.5) is 10.1 Å². The van der Waals surface area contributed by atoms with Gasteiger partial charge in [-0.2, -0.15) is 0 Å². The van der Waals surface area contributed by atoms with Gasteiger partial charge in [0.1, 0.15) is 12.4 Å². The van der Waals surface area contributed by atoms with Gasteiger partial charge in [-0.3, -0.25) is 0 Å². The van der Waals surface area contributed by atoms with Crippen LogP contribution in [0.15, 0.2) is 48.5 Å². The Morgan fingerprint density at radius 1 is 1.11 bits per heavy atom. The van der Waals surface area contributed by atoms with Crippen LogP contribution in [0.5, 0.6) is 0 Å². The van der Waals surface area contributed by atoms with Crippen molar-refractivity contribution < 1.29 is 13.9 Å². The normalized spacial score (nSPS) is 10.1. The Morgan fingerprint density at radius 2 is 1.78 bits per heavy atom. The van der Waals surface area contributed by atoms with Crippen molar-refractivity contribution in [1.29, 1.82) is 0 Å². The zero-order valence-corrected chi connectivity index (χ0v) is 9.60.